The van der Waals surface area contributed by atoms with Crippen LogP contribution in [0, 0.1) is 5.92 Å². The molecule has 0 aromatic carbocycles. The molecule has 3 rings (SSSR count). The lowest BCUT2D eigenvalue weighted by molar-refractivity contribution is -0.121. The van der Waals surface area contributed by atoms with E-state index in [0.29, 0.717) is 0 Å². The van der Waals surface area contributed by atoms with E-state index in [4.69, 9.17) is 0 Å². The van der Waals surface area contributed by atoms with Crippen LogP contribution in [0.3, 0.4) is 0 Å². The maximum atomic E-state index is 11.7. The zero-order valence-electron chi connectivity index (χ0n) is 9.08. The molecular formula is C11H15N3OS. The molecule has 1 fully saturated rings. The Morgan fingerprint density at radius 1 is 1.38 bits per heavy atom. The summed E-state index contributed by atoms with van der Waals surface area (Å²) in [6.07, 6.45) is 4.70. The largest absolute Gasteiger partial charge is 0.315 e. The topological polar surface area (TPSA) is 54.0 Å². The second-order valence-electron chi connectivity index (χ2n) is 4.44. The summed E-state index contributed by atoms with van der Waals surface area (Å²) < 4.78 is 0. The van der Waals surface area contributed by atoms with Gasteiger partial charge < -0.3 is 10.6 Å². The zero-order chi connectivity index (χ0) is 11.0. The molecule has 2 N–H and O–H groups in total. The number of nitrogens with zero attached hydrogens (tertiary/aromatic N) is 1. The van der Waals surface area contributed by atoms with Crippen molar-refractivity contribution in [1.82, 2.24) is 10.3 Å². The Kier molecular flexibility index (Phi) is 2.65. The van der Waals surface area contributed by atoms with Crippen LogP contribution in [0.1, 0.15) is 23.4 Å². The number of fused-ring (bicyclic) bond motifs is 1. The molecule has 0 radical (unpaired) electrons. The standard InChI is InChI=1S/C11H15N3OS/c15-10(7-5-12-6-7)14-11-13-8-3-1-2-4-9(8)16-11/h7,12H,1-6H2,(H,13,14,15). The van der Waals surface area contributed by atoms with Gasteiger partial charge in [0.05, 0.1) is 11.6 Å². The summed E-state index contributed by atoms with van der Waals surface area (Å²) >= 11 is 1.65. The van der Waals surface area contributed by atoms with Gasteiger partial charge >= 0.3 is 0 Å². The maximum absolute atomic E-state index is 11.7. The number of hydrogen-bond acceptors (Lipinski definition) is 4. The van der Waals surface area contributed by atoms with Gasteiger partial charge in [0, 0.05) is 18.0 Å². The van der Waals surface area contributed by atoms with Gasteiger partial charge in [0.25, 0.3) is 0 Å². The number of aromatic nitrogens is 1. The summed E-state index contributed by atoms with van der Waals surface area (Å²) in [7, 11) is 0. The van der Waals surface area contributed by atoms with Crippen molar-refractivity contribution in [2.45, 2.75) is 25.7 Å². The summed E-state index contributed by atoms with van der Waals surface area (Å²) in [5, 5.41) is 6.82. The molecule has 1 aromatic heterocycles. The number of thiazole rings is 1. The molecule has 2 heterocycles. The third-order valence-electron chi connectivity index (χ3n) is 3.23. The van der Waals surface area contributed by atoms with Crippen LogP contribution in [-0.2, 0) is 17.6 Å². The van der Waals surface area contributed by atoms with Crippen molar-refractivity contribution in [2.24, 2.45) is 5.92 Å². The number of nitrogens with one attached hydrogen (secondary N) is 2. The fraction of sp³-hybridized carbons (Fsp3) is 0.636. The van der Waals surface area contributed by atoms with Gasteiger partial charge in [0.2, 0.25) is 5.91 Å². The second-order valence-corrected chi connectivity index (χ2v) is 5.52. The highest BCUT2D eigenvalue weighted by atomic mass is 32.1. The van der Waals surface area contributed by atoms with E-state index in [1.807, 2.05) is 0 Å². The summed E-state index contributed by atoms with van der Waals surface area (Å²) in [6, 6.07) is 0. The van der Waals surface area contributed by atoms with E-state index < -0.39 is 0 Å². The molecule has 1 aliphatic carbocycles. The molecule has 4 nitrogen and oxygen atoms in total. The van der Waals surface area contributed by atoms with Gasteiger partial charge in [-0.2, -0.15) is 0 Å². The Hall–Kier alpha value is -0.940. The Morgan fingerprint density at radius 2 is 2.19 bits per heavy atom. The van der Waals surface area contributed by atoms with Gasteiger partial charge in [0.1, 0.15) is 0 Å². The number of anilines is 1. The second kappa shape index (κ2) is 4.14. The highest BCUT2D eigenvalue weighted by Gasteiger charge is 2.26. The number of rotatable bonds is 2. The molecule has 5 heteroatoms. The lowest BCUT2D eigenvalue weighted by Crippen LogP contribution is -2.48. The quantitative estimate of drug-likeness (QED) is 0.812. The number of carbonyl (C=O) groups excluding carboxylic acids is 1. The molecule has 1 aliphatic heterocycles. The van der Waals surface area contributed by atoms with Crippen molar-refractivity contribution < 1.29 is 4.79 Å². The molecular weight excluding hydrogens is 222 g/mol. The van der Waals surface area contributed by atoms with Crippen molar-refractivity contribution in [3.05, 3.63) is 10.6 Å². The molecule has 0 saturated carbocycles. The molecule has 0 unspecified atom stereocenters. The van der Waals surface area contributed by atoms with Crippen LogP contribution in [0.4, 0.5) is 5.13 Å². The minimum absolute atomic E-state index is 0.116. The molecule has 86 valence electrons. The van der Waals surface area contributed by atoms with Crippen LogP contribution in [-0.4, -0.2) is 24.0 Å². The Balaban J connectivity index is 1.69. The maximum Gasteiger partial charge on any atom is 0.231 e. The average Bonchev–Trinajstić information content (AvgIpc) is 2.56. The lowest BCUT2D eigenvalue weighted by atomic mass is 10.0. The van der Waals surface area contributed by atoms with Crippen molar-refractivity contribution in [3.8, 4) is 0 Å². The zero-order valence-corrected chi connectivity index (χ0v) is 9.90. The fourth-order valence-electron chi connectivity index (χ4n) is 2.09. The number of carbonyl (C=O) groups is 1. The number of hydrogen-bond donors (Lipinski definition) is 2. The third kappa shape index (κ3) is 1.85. The normalized spacial score (nSPS) is 20.0. The number of amides is 1. The smallest absolute Gasteiger partial charge is 0.231 e. The molecule has 0 atom stereocenters. The van der Waals surface area contributed by atoms with E-state index in [0.717, 1.165) is 31.1 Å². The molecule has 1 amide bonds. The SMILES string of the molecule is O=C(Nc1nc2c(s1)CCCC2)C1CNC1. The van der Waals surface area contributed by atoms with E-state index in [-0.39, 0.29) is 11.8 Å². The number of aryl methyl sites for hydroxylation is 2. The monoisotopic (exact) mass is 237 g/mol. The van der Waals surface area contributed by atoms with Crippen molar-refractivity contribution in [3.63, 3.8) is 0 Å². The highest BCUT2D eigenvalue weighted by Crippen LogP contribution is 2.29. The van der Waals surface area contributed by atoms with Crippen LogP contribution >= 0.6 is 11.3 Å². The van der Waals surface area contributed by atoms with E-state index in [1.54, 1.807) is 11.3 Å². The van der Waals surface area contributed by atoms with Gasteiger partial charge in [-0.25, -0.2) is 4.98 Å². The Morgan fingerprint density at radius 3 is 2.88 bits per heavy atom. The molecule has 16 heavy (non-hydrogen) atoms. The van der Waals surface area contributed by atoms with Crippen molar-refractivity contribution in [2.75, 3.05) is 18.4 Å². The van der Waals surface area contributed by atoms with E-state index >= 15 is 0 Å². The van der Waals surface area contributed by atoms with E-state index in [1.165, 1.54) is 23.4 Å². The van der Waals surface area contributed by atoms with Gasteiger partial charge in [-0.3, -0.25) is 4.79 Å². The molecule has 1 saturated heterocycles. The molecule has 0 spiro atoms. The van der Waals surface area contributed by atoms with Gasteiger partial charge in [-0.05, 0) is 25.7 Å². The predicted molar refractivity (Wildman–Crippen MR) is 63.7 cm³/mol. The average molecular weight is 237 g/mol. The summed E-state index contributed by atoms with van der Waals surface area (Å²) in [5.41, 5.74) is 1.21. The van der Waals surface area contributed by atoms with Crippen molar-refractivity contribution >= 4 is 22.4 Å². The first kappa shape index (κ1) is 10.2. The Labute approximate surface area is 98.5 Å². The van der Waals surface area contributed by atoms with Crippen LogP contribution in [0.2, 0.25) is 0 Å². The third-order valence-corrected chi connectivity index (χ3v) is 4.30. The van der Waals surface area contributed by atoms with Crippen LogP contribution in [0.25, 0.3) is 0 Å². The van der Waals surface area contributed by atoms with Gasteiger partial charge in [0.15, 0.2) is 5.13 Å². The minimum Gasteiger partial charge on any atom is -0.315 e. The summed E-state index contributed by atoms with van der Waals surface area (Å²) in [4.78, 5) is 17.6. The predicted octanol–water partition coefficient (Wildman–Crippen LogP) is 1.18. The van der Waals surface area contributed by atoms with E-state index in [9.17, 15) is 4.79 Å². The van der Waals surface area contributed by atoms with Crippen LogP contribution in [0.15, 0.2) is 0 Å². The van der Waals surface area contributed by atoms with Crippen molar-refractivity contribution in [1.29, 1.82) is 0 Å². The highest BCUT2D eigenvalue weighted by molar-refractivity contribution is 7.15. The first-order valence-corrected chi connectivity index (χ1v) is 6.65. The van der Waals surface area contributed by atoms with Gasteiger partial charge in [-0.15, -0.1) is 11.3 Å². The Bertz CT molecular complexity index is 388. The summed E-state index contributed by atoms with van der Waals surface area (Å²) in [6.45, 7) is 1.61. The first-order valence-electron chi connectivity index (χ1n) is 5.83. The fourth-order valence-corrected chi connectivity index (χ4v) is 3.14. The van der Waals surface area contributed by atoms with Crippen LogP contribution < -0.4 is 10.6 Å². The molecule has 0 bridgehead atoms. The lowest BCUT2D eigenvalue weighted by Gasteiger charge is -2.25. The summed E-state index contributed by atoms with van der Waals surface area (Å²) in [5.74, 6) is 0.255. The minimum atomic E-state index is 0.116. The van der Waals surface area contributed by atoms with Crippen LogP contribution in [0.5, 0.6) is 0 Å². The van der Waals surface area contributed by atoms with E-state index in [2.05, 4.69) is 15.6 Å². The first-order chi connectivity index (χ1) is 7.83. The molecule has 2 aliphatic rings. The molecule has 1 aromatic rings. The van der Waals surface area contributed by atoms with Gasteiger partial charge in [-0.1, -0.05) is 0 Å².